The molecule has 0 fully saturated rings. The van der Waals surface area contributed by atoms with Crippen LogP contribution in [0.5, 0.6) is 0 Å². The molecule has 0 radical (unpaired) electrons. The summed E-state index contributed by atoms with van der Waals surface area (Å²) >= 11 is 0. The Morgan fingerprint density at radius 1 is 1.41 bits per heavy atom. The zero-order chi connectivity index (χ0) is 12.6. The number of nitrogens with two attached hydrogens (primary N) is 1. The van der Waals surface area contributed by atoms with Gasteiger partial charge in [-0.15, -0.1) is 0 Å². The van der Waals surface area contributed by atoms with Gasteiger partial charge in [-0.2, -0.15) is 0 Å². The predicted molar refractivity (Wildman–Crippen MR) is 58.6 cm³/mol. The van der Waals surface area contributed by atoms with Gasteiger partial charge in [-0.05, 0) is 13.0 Å². The lowest BCUT2D eigenvalue weighted by Crippen LogP contribution is -2.06. The molecule has 0 aliphatic heterocycles. The third-order valence-electron chi connectivity index (χ3n) is 2.35. The van der Waals surface area contributed by atoms with Crippen LogP contribution in [0.15, 0.2) is 12.1 Å². The Bertz CT molecular complexity index is 593. The second-order valence-corrected chi connectivity index (χ2v) is 3.45. The molecule has 0 saturated heterocycles. The van der Waals surface area contributed by atoms with Gasteiger partial charge in [0.15, 0.2) is 11.6 Å². The van der Waals surface area contributed by atoms with E-state index in [0.717, 1.165) is 12.1 Å². The Hall–Kier alpha value is -2.11. The topological polar surface area (TPSA) is 68.1 Å². The largest absolute Gasteiger partial charge is 0.462 e. The van der Waals surface area contributed by atoms with Gasteiger partial charge < -0.3 is 15.5 Å². The molecule has 0 amide bonds. The molecule has 1 aromatic carbocycles. The van der Waals surface area contributed by atoms with Gasteiger partial charge in [0.05, 0.1) is 12.1 Å². The number of esters is 1. The van der Waals surface area contributed by atoms with E-state index in [4.69, 9.17) is 10.5 Å². The zero-order valence-electron chi connectivity index (χ0n) is 9.01. The van der Waals surface area contributed by atoms with Crippen LogP contribution >= 0.6 is 0 Å². The third kappa shape index (κ3) is 1.82. The Morgan fingerprint density at radius 2 is 2.06 bits per heavy atom. The summed E-state index contributed by atoms with van der Waals surface area (Å²) in [5, 5.41) is 0.208. The highest BCUT2D eigenvalue weighted by Crippen LogP contribution is 2.27. The molecule has 0 atom stereocenters. The maximum absolute atomic E-state index is 13.1. The molecule has 2 rings (SSSR count). The van der Waals surface area contributed by atoms with Crippen molar-refractivity contribution < 1.29 is 18.3 Å². The van der Waals surface area contributed by atoms with Crippen LogP contribution < -0.4 is 5.73 Å². The van der Waals surface area contributed by atoms with Crippen LogP contribution in [0, 0.1) is 11.6 Å². The molecule has 0 aliphatic rings. The normalized spacial score (nSPS) is 10.8. The smallest absolute Gasteiger partial charge is 0.342 e. The molecule has 0 saturated carbocycles. The fraction of sp³-hybridized carbons (Fsp3) is 0.182. The van der Waals surface area contributed by atoms with E-state index in [9.17, 15) is 13.6 Å². The molecule has 0 bridgehead atoms. The second-order valence-electron chi connectivity index (χ2n) is 3.45. The number of aromatic amines is 1. The number of nitrogen functional groups attached to an aromatic ring is 1. The van der Waals surface area contributed by atoms with Crippen LogP contribution in [-0.4, -0.2) is 17.6 Å². The number of aromatic nitrogens is 1. The molecule has 0 aliphatic carbocycles. The maximum atomic E-state index is 13.1. The molecule has 17 heavy (non-hydrogen) atoms. The van der Waals surface area contributed by atoms with Gasteiger partial charge in [0.25, 0.3) is 0 Å². The first kappa shape index (κ1) is 11.4. The Morgan fingerprint density at radius 3 is 2.71 bits per heavy atom. The van der Waals surface area contributed by atoms with E-state index in [0.29, 0.717) is 0 Å². The number of carbonyl (C=O) groups is 1. The molecule has 1 aromatic heterocycles. The number of carbonyl (C=O) groups excluding carboxylic acids is 1. The van der Waals surface area contributed by atoms with Crippen molar-refractivity contribution in [2.24, 2.45) is 0 Å². The number of ether oxygens (including phenoxy) is 1. The summed E-state index contributed by atoms with van der Waals surface area (Å²) in [5.41, 5.74) is 5.87. The zero-order valence-corrected chi connectivity index (χ0v) is 9.01. The molecule has 3 N–H and O–H groups in total. The van der Waals surface area contributed by atoms with Gasteiger partial charge in [-0.25, -0.2) is 13.6 Å². The number of halogens is 2. The van der Waals surface area contributed by atoms with E-state index < -0.39 is 17.6 Å². The summed E-state index contributed by atoms with van der Waals surface area (Å²) in [7, 11) is 0. The van der Waals surface area contributed by atoms with Crippen molar-refractivity contribution in [3.8, 4) is 0 Å². The summed E-state index contributed by atoms with van der Waals surface area (Å²) in [6.07, 6.45) is 0. The SMILES string of the molecule is CCOC(=O)c1c(N)[nH]c2cc(F)c(F)cc12. The fourth-order valence-electron chi connectivity index (χ4n) is 1.63. The van der Waals surface area contributed by atoms with E-state index in [2.05, 4.69) is 4.98 Å². The van der Waals surface area contributed by atoms with Crippen LogP contribution in [0.4, 0.5) is 14.6 Å². The van der Waals surface area contributed by atoms with Crippen molar-refractivity contribution in [1.29, 1.82) is 0 Å². The van der Waals surface area contributed by atoms with Crippen molar-refractivity contribution in [1.82, 2.24) is 4.98 Å². The lowest BCUT2D eigenvalue weighted by molar-refractivity contribution is 0.0530. The van der Waals surface area contributed by atoms with E-state index in [-0.39, 0.29) is 28.9 Å². The van der Waals surface area contributed by atoms with Gasteiger partial charge in [0, 0.05) is 11.5 Å². The van der Waals surface area contributed by atoms with Gasteiger partial charge in [0.2, 0.25) is 0 Å². The van der Waals surface area contributed by atoms with Crippen molar-refractivity contribution in [2.45, 2.75) is 6.92 Å². The van der Waals surface area contributed by atoms with E-state index in [1.165, 1.54) is 0 Å². The first-order valence-corrected chi connectivity index (χ1v) is 4.98. The number of fused-ring (bicyclic) bond motifs is 1. The number of nitrogens with one attached hydrogen (secondary N) is 1. The molecule has 1 heterocycles. The van der Waals surface area contributed by atoms with E-state index >= 15 is 0 Å². The lowest BCUT2D eigenvalue weighted by Gasteiger charge is -2.01. The number of H-pyrrole nitrogens is 1. The molecular weight excluding hydrogens is 230 g/mol. The molecule has 2 aromatic rings. The Balaban J connectivity index is 2.66. The van der Waals surface area contributed by atoms with Crippen molar-refractivity contribution in [2.75, 3.05) is 12.3 Å². The van der Waals surface area contributed by atoms with Crippen molar-refractivity contribution >= 4 is 22.7 Å². The van der Waals surface area contributed by atoms with Crippen LogP contribution in [0.2, 0.25) is 0 Å². The molecule has 4 nitrogen and oxygen atoms in total. The molecule has 0 spiro atoms. The second kappa shape index (κ2) is 4.04. The van der Waals surface area contributed by atoms with E-state index in [1.54, 1.807) is 6.92 Å². The molecular formula is C11H10F2N2O2. The molecule has 0 unspecified atom stereocenters. The monoisotopic (exact) mass is 240 g/mol. The number of rotatable bonds is 2. The molecule has 6 heteroatoms. The summed E-state index contributed by atoms with van der Waals surface area (Å²) in [6, 6.07) is 1.87. The summed E-state index contributed by atoms with van der Waals surface area (Å²) in [5.74, 6) is -2.68. The summed E-state index contributed by atoms with van der Waals surface area (Å²) in [4.78, 5) is 14.2. The third-order valence-corrected chi connectivity index (χ3v) is 2.35. The standard InChI is InChI=1S/C11H10F2N2O2/c1-2-17-11(16)9-5-3-6(12)7(13)4-8(5)15-10(9)14/h3-4,15H,2,14H2,1H3. The van der Waals surface area contributed by atoms with Crippen LogP contribution in [0.3, 0.4) is 0 Å². The highest BCUT2D eigenvalue weighted by atomic mass is 19.2. The van der Waals surface area contributed by atoms with Crippen molar-refractivity contribution in [3.63, 3.8) is 0 Å². The first-order chi connectivity index (χ1) is 8.04. The van der Waals surface area contributed by atoms with E-state index in [1.807, 2.05) is 0 Å². The predicted octanol–water partition coefficient (Wildman–Crippen LogP) is 2.21. The summed E-state index contributed by atoms with van der Waals surface area (Å²) < 4.78 is 30.9. The average Bonchev–Trinajstić information content (AvgIpc) is 2.55. The molecule has 90 valence electrons. The quantitative estimate of drug-likeness (QED) is 0.791. The Kier molecular flexibility index (Phi) is 2.71. The van der Waals surface area contributed by atoms with Gasteiger partial charge in [0.1, 0.15) is 11.4 Å². The fourth-order valence-corrected chi connectivity index (χ4v) is 1.63. The lowest BCUT2D eigenvalue weighted by atomic mass is 10.1. The number of hydrogen-bond acceptors (Lipinski definition) is 3. The Labute approximate surface area is 95.4 Å². The maximum Gasteiger partial charge on any atom is 0.342 e. The minimum Gasteiger partial charge on any atom is -0.462 e. The average molecular weight is 240 g/mol. The highest BCUT2D eigenvalue weighted by molar-refractivity contribution is 6.08. The van der Waals surface area contributed by atoms with Crippen LogP contribution in [0.1, 0.15) is 17.3 Å². The number of benzene rings is 1. The van der Waals surface area contributed by atoms with Gasteiger partial charge in [-0.3, -0.25) is 0 Å². The van der Waals surface area contributed by atoms with Gasteiger partial charge >= 0.3 is 5.97 Å². The summed E-state index contributed by atoms with van der Waals surface area (Å²) in [6.45, 7) is 1.82. The highest BCUT2D eigenvalue weighted by Gasteiger charge is 2.19. The van der Waals surface area contributed by atoms with Crippen LogP contribution in [0.25, 0.3) is 10.9 Å². The van der Waals surface area contributed by atoms with Crippen LogP contribution in [-0.2, 0) is 4.74 Å². The van der Waals surface area contributed by atoms with Crippen molar-refractivity contribution in [3.05, 3.63) is 29.3 Å². The van der Waals surface area contributed by atoms with Gasteiger partial charge in [-0.1, -0.05) is 0 Å². The minimum absolute atomic E-state index is 0.0285. The minimum atomic E-state index is -1.04. The number of hydrogen-bond donors (Lipinski definition) is 2. The number of anilines is 1. The first-order valence-electron chi connectivity index (χ1n) is 4.98.